The Hall–Kier alpha value is -2.96. The Morgan fingerprint density at radius 2 is 1.79 bits per heavy atom. The molecule has 29 heavy (non-hydrogen) atoms. The molecule has 2 rings (SSSR count). The summed E-state index contributed by atoms with van der Waals surface area (Å²) in [6, 6.07) is 13.5. The maximum Gasteiger partial charge on any atom is 0.191 e. The van der Waals surface area contributed by atoms with Crippen molar-refractivity contribution >= 4 is 11.8 Å². The summed E-state index contributed by atoms with van der Waals surface area (Å²) in [4.78, 5) is 8.89. The number of nitrogens with one attached hydrogen (secondary N) is 3. The lowest BCUT2D eigenvalue weighted by Crippen LogP contribution is -2.38. The minimum absolute atomic E-state index is 0.0654. The second-order valence-electron chi connectivity index (χ2n) is 6.57. The fraction of sp³-hybridized carbons (Fsp3) is 0.455. The molecule has 158 valence electrons. The van der Waals surface area contributed by atoms with Crippen LogP contribution in [-0.4, -0.2) is 50.3 Å². The number of rotatable bonds is 12. The van der Waals surface area contributed by atoms with Crippen LogP contribution in [0.15, 0.2) is 53.7 Å². The smallest absolute Gasteiger partial charge is 0.191 e. The number of pyridine rings is 1. The second kappa shape index (κ2) is 13.3. The van der Waals surface area contributed by atoms with E-state index < -0.39 is 0 Å². The van der Waals surface area contributed by atoms with Crippen molar-refractivity contribution in [2.75, 3.05) is 38.6 Å². The summed E-state index contributed by atoms with van der Waals surface area (Å²) < 4.78 is 11.3. The van der Waals surface area contributed by atoms with E-state index in [2.05, 4.69) is 32.9 Å². The van der Waals surface area contributed by atoms with Gasteiger partial charge in [0.25, 0.3) is 0 Å². The van der Waals surface area contributed by atoms with Gasteiger partial charge in [0.15, 0.2) is 17.5 Å². The summed E-state index contributed by atoms with van der Waals surface area (Å²) in [6.07, 6.45) is 3.82. The number of benzene rings is 1. The Bertz CT molecular complexity index is 724. The lowest BCUT2D eigenvalue weighted by molar-refractivity contribution is 0.219. The highest BCUT2D eigenvalue weighted by Crippen LogP contribution is 2.26. The quantitative estimate of drug-likeness (QED) is 0.289. The number of aromatic nitrogens is 1. The highest BCUT2D eigenvalue weighted by atomic mass is 16.5. The van der Waals surface area contributed by atoms with Crippen molar-refractivity contribution in [3.05, 3.63) is 48.7 Å². The Kier molecular flexibility index (Phi) is 10.2. The molecule has 1 heterocycles. The van der Waals surface area contributed by atoms with Gasteiger partial charge in [-0.1, -0.05) is 18.2 Å². The zero-order valence-electron chi connectivity index (χ0n) is 17.6. The molecule has 0 bridgehead atoms. The number of unbranched alkanes of at least 4 members (excludes halogenated alkanes) is 1. The molecule has 2 aromatic rings. The van der Waals surface area contributed by atoms with E-state index in [1.165, 1.54) is 0 Å². The monoisotopic (exact) mass is 399 g/mol. The third-order valence-corrected chi connectivity index (χ3v) is 4.11. The average molecular weight is 400 g/mol. The third kappa shape index (κ3) is 8.72. The van der Waals surface area contributed by atoms with Crippen LogP contribution in [0, 0.1) is 0 Å². The molecule has 0 aliphatic heterocycles. The molecule has 0 amide bonds. The van der Waals surface area contributed by atoms with Crippen molar-refractivity contribution in [3.63, 3.8) is 0 Å². The summed E-state index contributed by atoms with van der Waals surface area (Å²) in [5.74, 6) is 3.18. The zero-order chi connectivity index (χ0) is 20.7. The fourth-order valence-corrected chi connectivity index (χ4v) is 2.67. The summed E-state index contributed by atoms with van der Waals surface area (Å²) in [5.41, 5.74) is 0. The van der Waals surface area contributed by atoms with Gasteiger partial charge in [0.1, 0.15) is 11.9 Å². The molecule has 0 aliphatic carbocycles. The number of hydrogen-bond acceptors (Lipinski definition) is 5. The molecule has 0 spiro atoms. The molecule has 7 heteroatoms. The van der Waals surface area contributed by atoms with Crippen molar-refractivity contribution in [2.24, 2.45) is 4.99 Å². The zero-order valence-corrected chi connectivity index (χ0v) is 17.6. The predicted octanol–water partition coefficient (Wildman–Crippen LogP) is 3.30. The number of aliphatic imine (C=N–C) groups is 1. The van der Waals surface area contributed by atoms with Crippen LogP contribution < -0.4 is 25.4 Å². The van der Waals surface area contributed by atoms with E-state index in [0.29, 0.717) is 6.54 Å². The van der Waals surface area contributed by atoms with Crippen molar-refractivity contribution in [1.82, 2.24) is 15.6 Å². The van der Waals surface area contributed by atoms with Crippen LogP contribution in [0.4, 0.5) is 5.82 Å². The molecule has 1 unspecified atom stereocenters. The normalized spacial score (nSPS) is 12.2. The molecule has 0 radical (unpaired) electrons. The van der Waals surface area contributed by atoms with Crippen molar-refractivity contribution < 1.29 is 9.47 Å². The highest BCUT2D eigenvalue weighted by Gasteiger charge is 2.08. The van der Waals surface area contributed by atoms with Crippen LogP contribution in [0.3, 0.4) is 0 Å². The maximum absolute atomic E-state index is 5.96. The number of para-hydroxylation sites is 2. The van der Waals surface area contributed by atoms with Gasteiger partial charge in [0, 0.05) is 25.8 Å². The molecule has 0 fully saturated rings. The first-order chi connectivity index (χ1) is 14.2. The molecular formula is C22H33N5O2. The van der Waals surface area contributed by atoms with Crippen LogP contribution in [-0.2, 0) is 0 Å². The molecule has 3 N–H and O–H groups in total. The molecule has 1 aromatic carbocycles. The SMILES string of the molecule is CCNC(=NCC(C)Oc1ccccc1OC)NCCCCNc1ccccn1. The van der Waals surface area contributed by atoms with E-state index in [1.54, 1.807) is 13.3 Å². The first-order valence-corrected chi connectivity index (χ1v) is 10.2. The number of nitrogens with zero attached hydrogens (tertiary/aromatic N) is 2. The Labute approximate surface area is 173 Å². The van der Waals surface area contributed by atoms with Gasteiger partial charge in [0.05, 0.1) is 13.7 Å². The van der Waals surface area contributed by atoms with E-state index >= 15 is 0 Å². The molecule has 0 saturated carbocycles. The summed E-state index contributed by atoms with van der Waals surface area (Å²) in [6.45, 7) is 7.18. The molecule has 7 nitrogen and oxygen atoms in total. The number of anilines is 1. The van der Waals surface area contributed by atoms with E-state index in [4.69, 9.17) is 9.47 Å². The largest absolute Gasteiger partial charge is 0.493 e. The number of hydrogen-bond donors (Lipinski definition) is 3. The lowest BCUT2D eigenvalue weighted by atomic mass is 10.3. The van der Waals surface area contributed by atoms with Gasteiger partial charge in [-0.2, -0.15) is 0 Å². The Balaban J connectivity index is 1.69. The number of methoxy groups -OCH3 is 1. The Morgan fingerprint density at radius 3 is 2.52 bits per heavy atom. The molecule has 1 aromatic heterocycles. The van der Waals surface area contributed by atoms with Crippen LogP contribution in [0.2, 0.25) is 0 Å². The highest BCUT2D eigenvalue weighted by molar-refractivity contribution is 5.79. The molecule has 0 aliphatic rings. The third-order valence-electron chi connectivity index (χ3n) is 4.11. The van der Waals surface area contributed by atoms with E-state index in [9.17, 15) is 0 Å². The van der Waals surface area contributed by atoms with E-state index in [0.717, 1.165) is 55.8 Å². The first-order valence-electron chi connectivity index (χ1n) is 10.2. The van der Waals surface area contributed by atoms with Crippen LogP contribution in [0.1, 0.15) is 26.7 Å². The van der Waals surface area contributed by atoms with Crippen molar-refractivity contribution in [1.29, 1.82) is 0 Å². The topological polar surface area (TPSA) is 79.8 Å². The van der Waals surface area contributed by atoms with Gasteiger partial charge in [-0.05, 0) is 51.0 Å². The summed E-state index contributed by atoms with van der Waals surface area (Å²) >= 11 is 0. The van der Waals surface area contributed by atoms with Gasteiger partial charge in [-0.3, -0.25) is 0 Å². The van der Waals surface area contributed by atoms with Crippen LogP contribution in [0.25, 0.3) is 0 Å². The summed E-state index contributed by atoms with van der Waals surface area (Å²) in [5, 5.41) is 9.97. The molecular weight excluding hydrogens is 366 g/mol. The standard InChI is InChI=1S/C22H33N5O2/c1-4-23-22(26-16-10-9-15-25-21-13-7-8-14-24-21)27-17-18(2)29-20-12-6-5-11-19(20)28-3/h5-8,11-14,18H,4,9-10,15-17H2,1-3H3,(H,24,25)(H2,23,26,27). The number of guanidine groups is 1. The predicted molar refractivity (Wildman–Crippen MR) is 119 cm³/mol. The molecule has 1 atom stereocenters. The van der Waals surface area contributed by atoms with Gasteiger partial charge in [-0.15, -0.1) is 0 Å². The fourth-order valence-electron chi connectivity index (χ4n) is 2.67. The number of ether oxygens (including phenoxy) is 2. The minimum atomic E-state index is -0.0654. The minimum Gasteiger partial charge on any atom is -0.493 e. The van der Waals surface area contributed by atoms with Gasteiger partial charge in [-0.25, -0.2) is 9.98 Å². The van der Waals surface area contributed by atoms with Crippen molar-refractivity contribution in [3.8, 4) is 11.5 Å². The maximum atomic E-state index is 5.96. The first kappa shape index (κ1) is 22.3. The van der Waals surface area contributed by atoms with Gasteiger partial charge in [0.2, 0.25) is 0 Å². The summed E-state index contributed by atoms with van der Waals surface area (Å²) in [7, 11) is 1.64. The average Bonchev–Trinajstić information content (AvgIpc) is 2.75. The lowest BCUT2D eigenvalue weighted by Gasteiger charge is -2.16. The van der Waals surface area contributed by atoms with Gasteiger partial charge < -0.3 is 25.4 Å². The molecule has 0 saturated heterocycles. The Morgan fingerprint density at radius 1 is 1.03 bits per heavy atom. The van der Waals surface area contributed by atoms with Crippen molar-refractivity contribution in [2.45, 2.75) is 32.8 Å². The van der Waals surface area contributed by atoms with Crippen LogP contribution >= 0.6 is 0 Å². The van der Waals surface area contributed by atoms with Gasteiger partial charge >= 0.3 is 0 Å². The van der Waals surface area contributed by atoms with E-state index in [1.807, 2.05) is 49.4 Å². The second-order valence-corrected chi connectivity index (χ2v) is 6.57. The van der Waals surface area contributed by atoms with E-state index in [-0.39, 0.29) is 6.10 Å². The van der Waals surface area contributed by atoms with Crippen LogP contribution in [0.5, 0.6) is 11.5 Å².